The van der Waals surface area contributed by atoms with Crippen LogP contribution in [0.15, 0.2) is 28.8 Å². The lowest BCUT2D eigenvalue weighted by molar-refractivity contribution is -0.145. The van der Waals surface area contributed by atoms with Gasteiger partial charge in [-0.3, -0.25) is 4.79 Å². The van der Waals surface area contributed by atoms with E-state index in [1.165, 1.54) is 0 Å². The van der Waals surface area contributed by atoms with Gasteiger partial charge >= 0.3 is 0 Å². The molecule has 2 heterocycles. The van der Waals surface area contributed by atoms with E-state index in [0.29, 0.717) is 43.8 Å². The average molecular weight is 347 g/mol. The summed E-state index contributed by atoms with van der Waals surface area (Å²) in [7, 11) is 1.59. The van der Waals surface area contributed by atoms with Crippen molar-refractivity contribution < 1.29 is 23.5 Å². The summed E-state index contributed by atoms with van der Waals surface area (Å²) in [4.78, 5) is 17.9. The van der Waals surface area contributed by atoms with Crippen LogP contribution in [0.2, 0.25) is 0 Å². The monoisotopic (exact) mass is 347 g/mol. The van der Waals surface area contributed by atoms with E-state index in [2.05, 4.69) is 10.1 Å². The summed E-state index contributed by atoms with van der Waals surface area (Å²) in [5.41, 5.74) is 0.770. The van der Waals surface area contributed by atoms with E-state index in [9.17, 15) is 4.79 Å². The van der Waals surface area contributed by atoms with Gasteiger partial charge in [0.1, 0.15) is 18.5 Å². The third-order valence-corrected chi connectivity index (χ3v) is 3.81. The van der Waals surface area contributed by atoms with E-state index in [1.807, 2.05) is 24.3 Å². The van der Waals surface area contributed by atoms with Crippen LogP contribution in [0, 0.1) is 6.92 Å². The molecule has 1 aromatic heterocycles. The van der Waals surface area contributed by atoms with Crippen LogP contribution in [-0.2, 0) is 14.3 Å². The Hall–Kier alpha value is -2.45. The molecule has 3 rings (SSSR count). The smallest absolute Gasteiger partial charge is 0.248 e. The lowest BCUT2D eigenvalue weighted by Gasteiger charge is -2.39. The summed E-state index contributed by atoms with van der Waals surface area (Å²) in [5.74, 6) is 1.63. The maximum Gasteiger partial charge on any atom is 0.248 e. The van der Waals surface area contributed by atoms with Crippen LogP contribution in [0.25, 0.3) is 11.4 Å². The summed E-state index contributed by atoms with van der Waals surface area (Å²) >= 11 is 0. The van der Waals surface area contributed by atoms with Crippen LogP contribution in [0.3, 0.4) is 0 Å². The molecule has 0 aliphatic carbocycles. The molecule has 0 saturated carbocycles. The molecular weight excluding hydrogens is 326 g/mol. The number of rotatable bonds is 8. The first-order chi connectivity index (χ1) is 12.2. The molecule has 25 heavy (non-hydrogen) atoms. The molecule has 2 aromatic rings. The van der Waals surface area contributed by atoms with Crippen molar-refractivity contribution in [3.63, 3.8) is 0 Å². The second-order valence-corrected chi connectivity index (χ2v) is 5.72. The van der Waals surface area contributed by atoms with Gasteiger partial charge in [0, 0.05) is 14.0 Å². The zero-order chi connectivity index (χ0) is 17.6. The van der Waals surface area contributed by atoms with E-state index in [4.69, 9.17) is 18.7 Å². The highest BCUT2D eigenvalue weighted by Crippen LogP contribution is 2.29. The van der Waals surface area contributed by atoms with Crippen molar-refractivity contribution in [1.29, 1.82) is 0 Å². The number of methoxy groups -OCH3 is 1. The Morgan fingerprint density at radius 3 is 2.84 bits per heavy atom. The molecule has 0 spiro atoms. The molecule has 134 valence electrons. The summed E-state index contributed by atoms with van der Waals surface area (Å²) in [6.07, 6.45) is -0.0583. The number of benzene rings is 1. The normalized spacial score (nSPS) is 14.4. The quantitative estimate of drug-likeness (QED) is 0.665. The molecule has 1 aromatic carbocycles. The van der Waals surface area contributed by atoms with Crippen molar-refractivity contribution in [2.45, 2.75) is 13.0 Å². The van der Waals surface area contributed by atoms with Gasteiger partial charge < -0.3 is 23.6 Å². The maximum absolute atomic E-state index is 11.9. The zero-order valence-corrected chi connectivity index (χ0v) is 14.3. The fraction of sp³-hybridized carbons (Fsp3) is 0.471. The molecule has 0 bridgehead atoms. The Labute approximate surface area is 145 Å². The summed E-state index contributed by atoms with van der Waals surface area (Å²) in [6.45, 7) is 3.76. The van der Waals surface area contributed by atoms with Crippen LogP contribution < -0.4 is 4.74 Å². The molecule has 1 aliphatic heterocycles. The van der Waals surface area contributed by atoms with Gasteiger partial charge in [-0.15, -0.1) is 0 Å². The number of carbonyl (C=O) groups is 1. The number of aryl methyl sites for hydroxylation is 1. The van der Waals surface area contributed by atoms with Crippen molar-refractivity contribution in [2.75, 3.05) is 40.0 Å². The van der Waals surface area contributed by atoms with E-state index >= 15 is 0 Å². The first-order valence-electron chi connectivity index (χ1n) is 8.08. The number of nitrogens with zero attached hydrogens (tertiary/aromatic N) is 3. The van der Waals surface area contributed by atoms with E-state index in [0.717, 1.165) is 5.56 Å². The number of hydrogen-bond donors (Lipinski definition) is 0. The maximum atomic E-state index is 11.9. The van der Waals surface area contributed by atoms with Gasteiger partial charge in [0.25, 0.3) is 0 Å². The minimum atomic E-state index is -0.0583. The fourth-order valence-electron chi connectivity index (χ4n) is 2.45. The Morgan fingerprint density at radius 2 is 2.12 bits per heavy atom. The number of aromatic nitrogens is 2. The highest BCUT2D eigenvalue weighted by Gasteiger charge is 2.32. The Balaban J connectivity index is 1.51. The molecule has 0 atom stereocenters. The molecule has 0 N–H and O–H groups in total. The molecule has 1 fully saturated rings. The Morgan fingerprint density at radius 1 is 1.32 bits per heavy atom. The topological polar surface area (TPSA) is 86.9 Å². The summed E-state index contributed by atoms with van der Waals surface area (Å²) in [6, 6.07) is 7.52. The van der Waals surface area contributed by atoms with Gasteiger partial charge in [-0.05, 0) is 12.1 Å². The van der Waals surface area contributed by atoms with E-state index < -0.39 is 0 Å². The van der Waals surface area contributed by atoms with Crippen LogP contribution >= 0.6 is 0 Å². The lowest BCUT2D eigenvalue weighted by atomic mass is 10.1. The van der Waals surface area contributed by atoms with Crippen LogP contribution in [0.1, 0.15) is 5.89 Å². The van der Waals surface area contributed by atoms with Crippen LogP contribution in [0.4, 0.5) is 0 Å². The summed E-state index contributed by atoms with van der Waals surface area (Å²) < 4.78 is 21.1. The predicted molar refractivity (Wildman–Crippen MR) is 88.2 cm³/mol. The van der Waals surface area contributed by atoms with Gasteiger partial charge in [-0.25, -0.2) is 0 Å². The third kappa shape index (κ3) is 4.34. The van der Waals surface area contributed by atoms with Gasteiger partial charge in [-0.2, -0.15) is 4.98 Å². The highest BCUT2D eigenvalue weighted by atomic mass is 16.5. The first-order valence-corrected chi connectivity index (χ1v) is 8.08. The third-order valence-electron chi connectivity index (χ3n) is 3.81. The molecule has 0 unspecified atom stereocenters. The van der Waals surface area contributed by atoms with Crippen molar-refractivity contribution >= 4 is 5.91 Å². The van der Waals surface area contributed by atoms with Crippen molar-refractivity contribution in [2.24, 2.45) is 0 Å². The number of likely N-dealkylation sites (tertiary alicyclic amines) is 1. The van der Waals surface area contributed by atoms with Crippen molar-refractivity contribution in [3.05, 3.63) is 30.2 Å². The minimum absolute atomic E-state index is 0.0435. The van der Waals surface area contributed by atoms with Crippen molar-refractivity contribution in [1.82, 2.24) is 15.0 Å². The molecule has 0 radical (unpaired) electrons. The van der Waals surface area contributed by atoms with E-state index in [-0.39, 0.29) is 18.6 Å². The van der Waals surface area contributed by atoms with E-state index in [1.54, 1.807) is 18.9 Å². The predicted octanol–water partition coefficient (Wildman–Crippen LogP) is 1.30. The molecule has 1 amide bonds. The zero-order valence-electron chi connectivity index (χ0n) is 14.3. The first kappa shape index (κ1) is 17.4. The largest absolute Gasteiger partial charge is 0.486 e. The van der Waals surface area contributed by atoms with Gasteiger partial charge in [-0.1, -0.05) is 17.3 Å². The SMILES string of the molecule is COCCOCC(=O)N1CC(Oc2ccccc2-c2noc(C)n2)C1. The van der Waals surface area contributed by atoms with Crippen molar-refractivity contribution in [3.8, 4) is 17.1 Å². The second kappa shape index (κ2) is 8.09. The van der Waals surface area contributed by atoms with Gasteiger partial charge in [0.2, 0.25) is 17.6 Å². The second-order valence-electron chi connectivity index (χ2n) is 5.72. The molecule has 8 nitrogen and oxygen atoms in total. The number of para-hydroxylation sites is 1. The number of ether oxygens (including phenoxy) is 3. The molecule has 1 saturated heterocycles. The average Bonchev–Trinajstić information content (AvgIpc) is 3.01. The minimum Gasteiger partial charge on any atom is -0.486 e. The van der Waals surface area contributed by atoms with Gasteiger partial charge in [0.15, 0.2) is 0 Å². The number of amides is 1. The molecular formula is C17H21N3O5. The van der Waals surface area contributed by atoms with Crippen LogP contribution in [-0.4, -0.2) is 67.1 Å². The number of carbonyl (C=O) groups excluding carboxylic acids is 1. The Bertz CT molecular complexity index is 712. The standard InChI is InChI=1S/C17H21N3O5/c1-12-18-17(19-25-12)14-5-3-4-6-15(14)24-13-9-20(10-13)16(21)11-23-8-7-22-2/h3-6,13H,7-11H2,1-2H3. The van der Waals surface area contributed by atoms with Crippen LogP contribution in [0.5, 0.6) is 5.75 Å². The van der Waals surface area contributed by atoms with Gasteiger partial charge in [0.05, 0.1) is 31.9 Å². The lowest BCUT2D eigenvalue weighted by Crippen LogP contribution is -2.57. The molecule has 8 heteroatoms. The number of hydrogen-bond acceptors (Lipinski definition) is 7. The molecule has 1 aliphatic rings. The fourth-order valence-corrected chi connectivity index (χ4v) is 2.45. The Kier molecular flexibility index (Phi) is 5.62. The highest BCUT2D eigenvalue weighted by molar-refractivity contribution is 5.78. The summed E-state index contributed by atoms with van der Waals surface area (Å²) in [5, 5.41) is 3.93.